The SMILES string of the molecule is COc1ccc(-c2noc(-c3ccc(NC(=O)C4CC(=O)N(c5ccc(OC)cc5)C4)cc3)n2)cc1. The van der Waals surface area contributed by atoms with Crippen LogP contribution < -0.4 is 19.7 Å². The summed E-state index contributed by atoms with van der Waals surface area (Å²) in [4.78, 5) is 31.4. The average molecular weight is 485 g/mol. The van der Waals surface area contributed by atoms with Gasteiger partial charge in [0, 0.05) is 35.5 Å². The van der Waals surface area contributed by atoms with Crippen LogP contribution in [0.5, 0.6) is 11.5 Å². The molecule has 9 heteroatoms. The van der Waals surface area contributed by atoms with Crippen LogP contribution in [0.15, 0.2) is 77.3 Å². The Bertz CT molecular complexity index is 1360. The van der Waals surface area contributed by atoms with Gasteiger partial charge in [0.25, 0.3) is 5.89 Å². The molecule has 1 N–H and O–H groups in total. The number of amides is 2. The van der Waals surface area contributed by atoms with Gasteiger partial charge in [-0.25, -0.2) is 0 Å². The minimum Gasteiger partial charge on any atom is -0.497 e. The van der Waals surface area contributed by atoms with Gasteiger partial charge in [0.05, 0.1) is 20.1 Å². The van der Waals surface area contributed by atoms with Crippen molar-refractivity contribution in [1.29, 1.82) is 0 Å². The van der Waals surface area contributed by atoms with Gasteiger partial charge in [-0.2, -0.15) is 4.98 Å². The summed E-state index contributed by atoms with van der Waals surface area (Å²) in [7, 11) is 3.20. The Morgan fingerprint density at radius 2 is 1.53 bits per heavy atom. The van der Waals surface area contributed by atoms with Crippen molar-refractivity contribution in [3.63, 3.8) is 0 Å². The highest BCUT2D eigenvalue weighted by atomic mass is 16.5. The van der Waals surface area contributed by atoms with E-state index in [0.717, 1.165) is 22.6 Å². The van der Waals surface area contributed by atoms with Gasteiger partial charge < -0.3 is 24.2 Å². The van der Waals surface area contributed by atoms with E-state index in [0.29, 0.717) is 29.7 Å². The van der Waals surface area contributed by atoms with Crippen molar-refractivity contribution in [1.82, 2.24) is 10.1 Å². The zero-order valence-corrected chi connectivity index (χ0v) is 19.8. The Kier molecular flexibility index (Phi) is 6.36. The molecule has 3 aromatic carbocycles. The lowest BCUT2D eigenvalue weighted by Crippen LogP contribution is -2.28. The van der Waals surface area contributed by atoms with Gasteiger partial charge in [-0.3, -0.25) is 9.59 Å². The van der Waals surface area contributed by atoms with E-state index in [-0.39, 0.29) is 18.2 Å². The van der Waals surface area contributed by atoms with Crippen LogP contribution in [0.25, 0.3) is 22.8 Å². The lowest BCUT2D eigenvalue weighted by Gasteiger charge is -2.17. The summed E-state index contributed by atoms with van der Waals surface area (Å²) in [6.45, 7) is 0.325. The molecule has 182 valence electrons. The molecule has 1 aliphatic rings. The number of benzene rings is 3. The third-order valence-corrected chi connectivity index (χ3v) is 6.05. The minimum absolute atomic E-state index is 0.0836. The topological polar surface area (TPSA) is 107 Å². The monoisotopic (exact) mass is 484 g/mol. The molecule has 1 unspecified atom stereocenters. The number of nitrogens with zero attached hydrogens (tertiary/aromatic N) is 3. The first-order valence-electron chi connectivity index (χ1n) is 11.4. The first kappa shape index (κ1) is 23.1. The predicted molar refractivity (Wildman–Crippen MR) is 134 cm³/mol. The second-order valence-electron chi connectivity index (χ2n) is 8.32. The lowest BCUT2D eigenvalue weighted by molar-refractivity contribution is -0.122. The summed E-state index contributed by atoms with van der Waals surface area (Å²) in [6.07, 6.45) is 0.159. The van der Waals surface area contributed by atoms with Gasteiger partial charge in [0.15, 0.2) is 0 Å². The molecular weight excluding hydrogens is 460 g/mol. The summed E-state index contributed by atoms with van der Waals surface area (Å²) in [5.74, 6) is 1.57. The van der Waals surface area contributed by atoms with Crippen molar-refractivity contribution in [2.45, 2.75) is 6.42 Å². The van der Waals surface area contributed by atoms with E-state index in [4.69, 9.17) is 14.0 Å². The number of carbonyl (C=O) groups is 2. The van der Waals surface area contributed by atoms with E-state index in [1.807, 2.05) is 36.4 Å². The summed E-state index contributed by atoms with van der Waals surface area (Å²) >= 11 is 0. The van der Waals surface area contributed by atoms with E-state index in [2.05, 4.69) is 15.5 Å². The number of hydrogen-bond acceptors (Lipinski definition) is 7. The molecule has 1 aromatic heterocycles. The molecule has 1 fully saturated rings. The molecular formula is C27H24N4O5. The van der Waals surface area contributed by atoms with Gasteiger partial charge in [-0.15, -0.1) is 0 Å². The van der Waals surface area contributed by atoms with Crippen molar-refractivity contribution in [2.75, 3.05) is 31.0 Å². The molecule has 1 saturated heterocycles. The highest BCUT2D eigenvalue weighted by molar-refractivity contribution is 6.03. The van der Waals surface area contributed by atoms with Crippen LogP contribution in [0.2, 0.25) is 0 Å². The molecule has 1 atom stereocenters. The zero-order valence-electron chi connectivity index (χ0n) is 19.8. The number of hydrogen-bond donors (Lipinski definition) is 1. The van der Waals surface area contributed by atoms with Crippen LogP contribution in [-0.2, 0) is 9.59 Å². The summed E-state index contributed by atoms with van der Waals surface area (Å²) in [5.41, 5.74) is 2.90. The molecule has 0 bridgehead atoms. The molecule has 36 heavy (non-hydrogen) atoms. The number of methoxy groups -OCH3 is 2. The molecule has 1 aliphatic heterocycles. The maximum absolute atomic E-state index is 12.8. The van der Waals surface area contributed by atoms with E-state index < -0.39 is 5.92 Å². The van der Waals surface area contributed by atoms with Gasteiger partial charge in [0.2, 0.25) is 17.6 Å². The van der Waals surface area contributed by atoms with Crippen molar-refractivity contribution in [2.24, 2.45) is 5.92 Å². The first-order valence-corrected chi connectivity index (χ1v) is 11.4. The van der Waals surface area contributed by atoms with Crippen LogP contribution in [0.3, 0.4) is 0 Å². The van der Waals surface area contributed by atoms with Gasteiger partial charge in [0.1, 0.15) is 11.5 Å². The lowest BCUT2D eigenvalue weighted by atomic mass is 10.1. The van der Waals surface area contributed by atoms with E-state index >= 15 is 0 Å². The Morgan fingerprint density at radius 1 is 0.917 bits per heavy atom. The Labute approximate surface area is 207 Å². The second-order valence-corrected chi connectivity index (χ2v) is 8.32. The predicted octanol–water partition coefficient (Wildman–Crippen LogP) is 4.41. The van der Waals surface area contributed by atoms with Crippen molar-refractivity contribution < 1.29 is 23.6 Å². The van der Waals surface area contributed by atoms with E-state index in [1.165, 1.54) is 0 Å². The van der Waals surface area contributed by atoms with Crippen LogP contribution in [0.4, 0.5) is 11.4 Å². The summed E-state index contributed by atoms with van der Waals surface area (Å²) < 4.78 is 15.8. The van der Waals surface area contributed by atoms with Crippen molar-refractivity contribution in [3.8, 4) is 34.3 Å². The Balaban J connectivity index is 1.22. The summed E-state index contributed by atoms with van der Waals surface area (Å²) in [6, 6.07) is 21.7. The molecule has 9 nitrogen and oxygen atoms in total. The average Bonchev–Trinajstić information content (AvgIpc) is 3.57. The van der Waals surface area contributed by atoms with Crippen molar-refractivity contribution in [3.05, 3.63) is 72.8 Å². The fourth-order valence-electron chi connectivity index (χ4n) is 4.03. The number of carbonyl (C=O) groups excluding carboxylic acids is 2. The Morgan fingerprint density at radius 3 is 2.17 bits per heavy atom. The number of nitrogens with one attached hydrogen (secondary N) is 1. The highest BCUT2D eigenvalue weighted by Gasteiger charge is 2.35. The first-order chi connectivity index (χ1) is 17.5. The van der Waals surface area contributed by atoms with E-state index in [1.54, 1.807) is 55.5 Å². The number of ether oxygens (including phenoxy) is 2. The molecule has 0 saturated carbocycles. The fraction of sp³-hybridized carbons (Fsp3) is 0.185. The molecule has 0 spiro atoms. The number of rotatable bonds is 7. The molecule has 4 aromatic rings. The number of anilines is 2. The largest absolute Gasteiger partial charge is 0.497 e. The third kappa shape index (κ3) is 4.76. The van der Waals surface area contributed by atoms with Gasteiger partial charge in [-0.05, 0) is 72.8 Å². The van der Waals surface area contributed by atoms with E-state index in [9.17, 15) is 9.59 Å². The number of aromatic nitrogens is 2. The van der Waals surface area contributed by atoms with Crippen LogP contribution >= 0.6 is 0 Å². The third-order valence-electron chi connectivity index (χ3n) is 6.05. The highest BCUT2D eigenvalue weighted by Crippen LogP contribution is 2.28. The molecule has 5 rings (SSSR count). The quantitative estimate of drug-likeness (QED) is 0.414. The van der Waals surface area contributed by atoms with Crippen molar-refractivity contribution >= 4 is 23.2 Å². The summed E-state index contributed by atoms with van der Waals surface area (Å²) in [5, 5.41) is 6.95. The normalized spacial score (nSPS) is 15.1. The van der Waals surface area contributed by atoms with Crippen LogP contribution in [-0.4, -0.2) is 42.7 Å². The standard InChI is InChI=1S/C27H24N4O5/c1-34-22-11-5-17(6-12-22)25-29-27(36-30-25)18-3-7-20(8-4-18)28-26(33)19-15-24(32)31(16-19)21-9-13-23(35-2)14-10-21/h3-14,19H,15-16H2,1-2H3,(H,28,33). The van der Waals surface area contributed by atoms with Gasteiger partial charge in [-0.1, -0.05) is 5.16 Å². The Hall–Kier alpha value is -4.66. The van der Waals surface area contributed by atoms with Crippen LogP contribution in [0.1, 0.15) is 6.42 Å². The van der Waals surface area contributed by atoms with Crippen LogP contribution in [0, 0.1) is 5.92 Å². The molecule has 2 amide bonds. The zero-order chi connectivity index (χ0) is 25.1. The molecule has 2 heterocycles. The fourth-order valence-corrected chi connectivity index (χ4v) is 4.03. The minimum atomic E-state index is -0.442. The molecule has 0 aliphatic carbocycles. The smallest absolute Gasteiger partial charge is 0.258 e. The van der Waals surface area contributed by atoms with Gasteiger partial charge >= 0.3 is 0 Å². The second kappa shape index (κ2) is 9.91. The maximum Gasteiger partial charge on any atom is 0.258 e. The maximum atomic E-state index is 12.8. The molecule has 0 radical (unpaired) electrons.